The molecule has 9 N–H and O–H groups in total. The van der Waals surface area contributed by atoms with Crippen molar-refractivity contribution in [1.29, 1.82) is 0 Å². The van der Waals surface area contributed by atoms with E-state index in [0.29, 0.717) is 102 Å². The van der Waals surface area contributed by atoms with Crippen molar-refractivity contribution in [3.8, 4) is 0 Å². The largest absolute Gasteiger partial charge is 0.356 e. The zero-order valence-electron chi connectivity index (χ0n) is 44.5. The molecule has 0 aliphatic carbocycles. The van der Waals surface area contributed by atoms with E-state index in [0.717, 1.165) is 83.5 Å². The average Bonchev–Trinajstić information content (AvgIpc) is 3.23. The highest BCUT2D eigenvalue weighted by Gasteiger charge is 2.23. The topological polar surface area (TPSA) is 238 Å². The number of hydrogen-bond donors (Lipinski definition) is 7. The van der Waals surface area contributed by atoms with Gasteiger partial charge in [-0.05, 0) is 87.9 Å². The van der Waals surface area contributed by atoms with Gasteiger partial charge in [-0.15, -0.1) is 0 Å². The highest BCUT2D eigenvalue weighted by atomic mass is 16.2. The van der Waals surface area contributed by atoms with Crippen LogP contribution in [0.1, 0.15) is 197 Å². The zero-order chi connectivity index (χ0) is 51.3. The van der Waals surface area contributed by atoms with Crippen LogP contribution in [-0.4, -0.2) is 122 Å². The molecule has 0 fully saturated rings. The van der Waals surface area contributed by atoms with E-state index in [1.807, 2.05) is 27.7 Å². The molecular weight excluding hydrogens is 863 g/mol. The molecule has 0 unspecified atom stereocenters. The van der Waals surface area contributed by atoms with Crippen LogP contribution in [0.4, 0.5) is 0 Å². The molecule has 3 atom stereocenters. The molecule has 16 heteroatoms. The third-order valence-corrected chi connectivity index (χ3v) is 11.5. The van der Waals surface area contributed by atoms with E-state index in [2.05, 4.69) is 61.2 Å². The van der Waals surface area contributed by atoms with Gasteiger partial charge in [0.15, 0.2) is 0 Å². The fourth-order valence-corrected chi connectivity index (χ4v) is 8.02. The molecule has 0 aromatic heterocycles. The van der Waals surface area contributed by atoms with Crippen LogP contribution in [-0.2, 0) is 33.6 Å². The Morgan fingerprint density at radius 1 is 0.441 bits per heavy atom. The summed E-state index contributed by atoms with van der Waals surface area (Å²) in [5.74, 6) is 0.459. The van der Waals surface area contributed by atoms with E-state index in [4.69, 9.17) is 11.5 Å². The van der Waals surface area contributed by atoms with Gasteiger partial charge >= 0.3 is 0 Å². The number of carbonyl (C=O) groups excluding carboxylic acids is 7. The Bertz CT molecular complexity index is 1410. The molecule has 0 saturated carbocycles. The van der Waals surface area contributed by atoms with Crippen molar-refractivity contribution >= 4 is 41.4 Å². The number of nitrogens with two attached hydrogens (primary N) is 2. The molecule has 0 saturated heterocycles. The second kappa shape index (κ2) is 40.0. The molecule has 0 aromatic rings. The van der Waals surface area contributed by atoms with Crippen molar-refractivity contribution in [3.63, 3.8) is 0 Å². The second-order valence-corrected chi connectivity index (χ2v) is 20.9. The summed E-state index contributed by atoms with van der Waals surface area (Å²) in [6.45, 7) is 21.3. The fraction of sp³-hybridized carbons (Fsp3) is 0.865. The van der Waals surface area contributed by atoms with Gasteiger partial charge in [-0.1, -0.05) is 107 Å². The van der Waals surface area contributed by atoms with E-state index in [-0.39, 0.29) is 78.4 Å². The van der Waals surface area contributed by atoms with E-state index in [1.165, 1.54) is 0 Å². The van der Waals surface area contributed by atoms with Crippen LogP contribution < -0.4 is 38.1 Å². The monoisotopic (exact) mass is 964 g/mol. The van der Waals surface area contributed by atoms with Crippen LogP contribution >= 0.6 is 0 Å². The number of amides is 7. The van der Waals surface area contributed by atoms with Gasteiger partial charge in [0.2, 0.25) is 41.4 Å². The number of hydrogen-bond acceptors (Lipinski definition) is 9. The van der Waals surface area contributed by atoms with Crippen LogP contribution in [0.25, 0.3) is 0 Å². The van der Waals surface area contributed by atoms with Gasteiger partial charge in [-0.25, -0.2) is 0 Å². The molecule has 0 bridgehead atoms. The van der Waals surface area contributed by atoms with Gasteiger partial charge in [0, 0.05) is 77.0 Å². The fourth-order valence-electron chi connectivity index (χ4n) is 8.02. The lowest BCUT2D eigenvalue weighted by atomic mass is 10.0. The highest BCUT2D eigenvalue weighted by molar-refractivity contribution is 5.88. The molecule has 0 aromatic carbocycles. The lowest BCUT2D eigenvalue weighted by Gasteiger charge is -2.27. The Morgan fingerprint density at radius 2 is 0.824 bits per heavy atom. The van der Waals surface area contributed by atoms with Crippen molar-refractivity contribution < 1.29 is 33.6 Å². The first kappa shape index (κ1) is 64.2. The molecule has 0 aliphatic heterocycles. The average molecular weight is 964 g/mol. The third kappa shape index (κ3) is 37.1. The van der Waals surface area contributed by atoms with Crippen LogP contribution in [0.5, 0.6) is 0 Å². The molecule has 16 nitrogen and oxygen atoms in total. The first-order valence-electron chi connectivity index (χ1n) is 26.7. The summed E-state index contributed by atoms with van der Waals surface area (Å²) in [5.41, 5.74) is 12.5. The molecule has 0 radical (unpaired) electrons. The SMILES string of the molecule is CCCCNC(=O)[C@H](CCCCNC(=O)CCCCCCCNC(=O)CN(C[C@@H](N)CC(C)C)C(=O)CC(C)C)NC(=O)CCCCCCCNC(=O)CN(C[C@@H](N)CC(C)C)C(=O)CC(C)C. The van der Waals surface area contributed by atoms with Crippen molar-refractivity contribution in [2.75, 3.05) is 52.4 Å². The summed E-state index contributed by atoms with van der Waals surface area (Å²) in [7, 11) is 0. The van der Waals surface area contributed by atoms with Gasteiger partial charge in [0.05, 0.1) is 13.1 Å². The van der Waals surface area contributed by atoms with Crippen molar-refractivity contribution in [2.45, 2.75) is 215 Å². The summed E-state index contributed by atoms with van der Waals surface area (Å²) in [6, 6.07) is -0.964. The Morgan fingerprint density at radius 3 is 1.25 bits per heavy atom. The molecule has 7 amide bonds. The number of unbranched alkanes of at least 4 members (excludes halogenated alkanes) is 10. The minimum absolute atomic E-state index is 0.00363. The first-order chi connectivity index (χ1) is 32.2. The summed E-state index contributed by atoms with van der Waals surface area (Å²) in [4.78, 5) is 92.5. The van der Waals surface area contributed by atoms with Gasteiger partial charge < -0.3 is 47.9 Å². The van der Waals surface area contributed by atoms with E-state index >= 15 is 0 Å². The standard InChI is InChI=1S/C52H101N9O7/c1-10-11-27-58-52(68)45(59-47(63)26-19-15-13-17-22-29-57-49(65)38-61(51(67)34-42(8)9)36-44(54)32-40(4)5)24-20-23-30-55-46(62)25-18-14-12-16-21-28-56-48(64)37-60(50(66)33-41(6)7)35-43(53)31-39(2)3/h39-45H,10-38,53-54H2,1-9H3,(H,55,62)(H,56,64)(H,57,65)(H,58,68)(H,59,63)/t43-,44-,45-/m0/s1. The number of nitrogens with one attached hydrogen (secondary N) is 5. The first-order valence-corrected chi connectivity index (χ1v) is 26.7. The second-order valence-electron chi connectivity index (χ2n) is 20.9. The molecule has 0 heterocycles. The summed E-state index contributed by atoms with van der Waals surface area (Å²) in [5, 5.41) is 14.8. The Hall–Kier alpha value is -3.79. The van der Waals surface area contributed by atoms with E-state index in [1.54, 1.807) is 9.80 Å². The highest BCUT2D eigenvalue weighted by Crippen LogP contribution is 2.12. The van der Waals surface area contributed by atoms with Crippen LogP contribution in [0.2, 0.25) is 0 Å². The van der Waals surface area contributed by atoms with Gasteiger partial charge in [-0.2, -0.15) is 0 Å². The minimum atomic E-state index is -0.624. The molecule has 0 aliphatic rings. The van der Waals surface area contributed by atoms with E-state index < -0.39 is 6.04 Å². The van der Waals surface area contributed by atoms with Crippen molar-refractivity contribution in [2.24, 2.45) is 35.1 Å². The van der Waals surface area contributed by atoms with Gasteiger partial charge in [0.1, 0.15) is 6.04 Å². The van der Waals surface area contributed by atoms with Crippen LogP contribution in [0, 0.1) is 23.7 Å². The maximum absolute atomic E-state index is 13.0. The Balaban J connectivity index is 4.44. The number of carbonyl (C=O) groups is 7. The molecule has 0 spiro atoms. The number of nitrogens with zero attached hydrogens (tertiary/aromatic N) is 2. The Kier molecular flexibility index (Phi) is 37.8. The zero-order valence-corrected chi connectivity index (χ0v) is 44.5. The number of rotatable bonds is 42. The lowest BCUT2D eigenvalue weighted by molar-refractivity contribution is -0.137. The van der Waals surface area contributed by atoms with E-state index in [9.17, 15) is 33.6 Å². The quantitative estimate of drug-likeness (QED) is 0.0351. The van der Waals surface area contributed by atoms with Crippen LogP contribution in [0.3, 0.4) is 0 Å². The normalized spacial score (nSPS) is 12.8. The summed E-state index contributed by atoms with van der Waals surface area (Å²) in [6.07, 6.45) is 15.4. The van der Waals surface area contributed by atoms with Gasteiger partial charge in [0.25, 0.3) is 0 Å². The van der Waals surface area contributed by atoms with Crippen LogP contribution in [0.15, 0.2) is 0 Å². The van der Waals surface area contributed by atoms with Crippen molar-refractivity contribution in [1.82, 2.24) is 36.4 Å². The molecular formula is C52H101N9O7. The maximum atomic E-state index is 13.0. The van der Waals surface area contributed by atoms with Gasteiger partial charge in [-0.3, -0.25) is 33.6 Å². The Labute approximate surface area is 412 Å². The lowest BCUT2D eigenvalue weighted by Crippen LogP contribution is -2.47. The maximum Gasteiger partial charge on any atom is 0.242 e. The predicted molar refractivity (Wildman–Crippen MR) is 275 cm³/mol. The van der Waals surface area contributed by atoms with Crippen molar-refractivity contribution in [3.05, 3.63) is 0 Å². The predicted octanol–water partition coefficient (Wildman–Crippen LogP) is 6.08. The third-order valence-electron chi connectivity index (χ3n) is 11.5. The molecule has 68 heavy (non-hydrogen) atoms. The minimum Gasteiger partial charge on any atom is -0.356 e. The summed E-state index contributed by atoms with van der Waals surface area (Å²) < 4.78 is 0. The molecule has 0 rings (SSSR count). The smallest absolute Gasteiger partial charge is 0.242 e. The molecule has 396 valence electrons. The summed E-state index contributed by atoms with van der Waals surface area (Å²) >= 11 is 0.